The molecule has 0 spiro atoms. The number of rotatable bonds is 7. The van der Waals surface area contributed by atoms with Crippen LogP contribution in [-0.4, -0.2) is 37.8 Å². The second kappa shape index (κ2) is 8.67. The number of nitrogens with zero attached hydrogens (tertiary/aromatic N) is 1. The molecule has 6 nitrogen and oxygen atoms in total. The van der Waals surface area contributed by atoms with Crippen LogP contribution in [0.5, 0.6) is 5.75 Å². The maximum atomic E-state index is 12.9. The molecule has 0 atom stereocenters. The van der Waals surface area contributed by atoms with E-state index in [-0.39, 0.29) is 16.9 Å². The van der Waals surface area contributed by atoms with Gasteiger partial charge in [0.05, 0.1) is 16.7 Å². The summed E-state index contributed by atoms with van der Waals surface area (Å²) in [7, 11) is -3.55. The van der Waals surface area contributed by atoms with Crippen LogP contribution in [0, 0.1) is 0 Å². The topological polar surface area (TPSA) is 75.7 Å². The highest BCUT2D eigenvalue weighted by Gasteiger charge is 2.27. The Morgan fingerprint density at radius 3 is 2.52 bits per heavy atom. The zero-order valence-corrected chi connectivity index (χ0v) is 16.1. The first-order valence-electron chi connectivity index (χ1n) is 8.95. The monoisotopic (exact) mass is 368 g/mol. The van der Waals surface area contributed by atoms with Crippen LogP contribution in [0.2, 0.25) is 0 Å². The van der Waals surface area contributed by atoms with Gasteiger partial charge in [-0.1, -0.05) is 13.3 Å². The molecular weight excluding hydrogens is 340 g/mol. The normalized spacial score (nSPS) is 16.0. The second-order valence-corrected chi connectivity index (χ2v) is 8.53. The van der Waals surface area contributed by atoms with Gasteiger partial charge in [-0.05, 0) is 51.3 Å². The third kappa shape index (κ3) is 5.19. The molecule has 1 aromatic carbocycles. The first kappa shape index (κ1) is 19.7. The molecule has 1 aliphatic rings. The molecule has 1 aromatic rings. The van der Waals surface area contributed by atoms with Crippen LogP contribution in [0.15, 0.2) is 23.1 Å². The Morgan fingerprint density at radius 2 is 1.92 bits per heavy atom. The molecule has 1 saturated heterocycles. The largest absolute Gasteiger partial charge is 0.489 e. The Hall–Kier alpha value is -1.60. The summed E-state index contributed by atoms with van der Waals surface area (Å²) in [6.07, 6.45) is 3.85. The van der Waals surface area contributed by atoms with E-state index in [1.54, 1.807) is 12.1 Å². The highest BCUT2D eigenvalue weighted by molar-refractivity contribution is 7.89. The standard InChI is InChI=1S/C18H28N2O4S/c1-4-8-18(21)19-16-13-15(9-10-17(16)24-14(2)3)25(22,23)20-11-6-5-7-12-20/h9-10,13-14H,4-8,11-12H2,1-3H3,(H,19,21). The van der Waals surface area contributed by atoms with Crippen LogP contribution >= 0.6 is 0 Å². The molecule has 1 N–H and O–H groups in total. The Bertz CT molecular complexity index is 695. The molecule has 1 heterocycles. The number of hydrogen-bond acceptors (Lipinski definition) is 4. The molecular formula is C18H28N2O4S. The number of nitrogens with one attached hydrogen (secondary N) is 1. The molecule has 0 saturated carbocycles. The number of anilines is 1. The fraction of sp³-hybridized carbons (Fsp3) is 0.611. The van der Waals surface area contributed by atoms with Gasteiger partial charge in [0.15, 0.2) is 0 Å². The van der Waals surface area contributed by atoms with E-state index >= 15 is 0 Å². The minimum Gasteiger partial charge on any atom is -0.489 e. The number of carbonyl (C=O) groups excluding carboxylic acids is 1. The summed E-state index contributed by atoms with van der Waals surface area (Å²) in [5, 5.41) is 2.79. The lowest BCUT2D eigenvalue weighted by molar-refractivity contribution is -0.116. The van der Waals surface area contributed by atoms with E-state index in [4.69, 9.17) is 4.74 Å². The fourth-order valence-electron chi connectivity index (χ4n) is 2.82. The quantitative estimate of drug-likeness (QED) is 0.800. The van der Waals surface area contributed by atoms with Gasteiger partial charge in [-0.3, -0.25) is 4.79 Å². The lowest BCUT2D eigenvalue weighted by Gasteiger charge is -2.26. The molecule has 2 rings (SSSR count). The van der Waals surface area contributed by atoms with E-state index in [2.05, 4.69) is 5.32 Å². The molecule has 1 aliphatic heterocycles. The second-order valence-electron chi connectivity index (χ2n) is 6.59. The fourth-order valence-corrected chi connectivity index (χ4v) is 4.36. The van der Waals surface area contributed by atoms with E-state index in [1.807, 2.05) is 20.8 Å². The van der Waals surface area contributed by atoms with Crippen molar-refractivity contribution in [2.75, 3.05) is 18.4 Å². The Balaban J connectivity index is 2.34. The van der Waals surface area contributed by atoms with Gasteiger partial charge in [0, 0.05) is 19.5 Å². The summed E-state index contributed by atoms with van der Waals surface area (Å²) >= 11 is 0. The number of hydrogen-bond donors (Lipinski definition) is 1. The van der Waals surface area contributed by atoms with Gasteiger partial charge in [-0.25, -0.2) is 8.42 Å². The van der Waals surface area contributed by atoms with E-state index in [9.17, 15) is 13.2 Å². The van der Waals surface area contributed by atoms with E-state index < -0.39 is 10.0 Å². The predicted octanol–water partition coefficient (Wildman–Crippen LogP) is 3.39. The van der Waals surface area contributed by atoms with Crippen LogP contribution in [0.4, 0.5) is 5.69 Å². The molecule has 1 fully saturated rings. The number of ether oxygens (including phenoxy) is 1. The van der Waals surface area contributed by atoms with Gasteiger partial charge in [0.25, 0.3) is 0 Å². The number of piperidine rings is 1. The third-order valence-corrected chi connectivity index (χ3v) is 5.91. The maximum Gasteiger partial charge on any atom is 0.243 e. The lowest BCUT2D eigenvalue weighted by atomic mass is 10.2. The SMILES string of the molecule is CCCC(=O)Nc1cc(S(=O)(=O)N2CCCCC2)ccc1OC(C)C. The number of benzene rings is 1. The zero-order chi connectivity index (χ0) is 18.4. The smallest absolute Gasteiger partial charge is 0.243 e. The van der Waals surface area contributed by atoms with Crippen molar-refractivity contribution in [2.24, 2.45) is 0 Å². The van der Waals surface area contributed by atoms with Crippen LogP contribution in [0.1, 0.15) is 52.9 Å². The van der Waals surface area contributed by atoms with Gasteiger partial charge < -0.3 is 10.1 Å². The van der Waals surface area contributed by atoms with Crippen molar-refractivity contribution in [1.29, 1.82) is 0 Å². The Labute approximate surface area is 150 Å². The number of sulfonamides is 1. The minimum atomic E-state index is -3.55. The molecule has 0 bridgehead atoms. The molecule has 0 unspecified atom stereocenters. The first-order valence-corrected chi connectivity index (χ1v) is 10.4. The minimum absolute atomic E-state index is 0.0774. The summed E-state index contributed by atoms with van der Waals surface area (Å²) in [5.74, 6) is 0.334. The van der Waals surface area contributed by atoms with Crippen molar-refractivity contribution >= 4 is 21.6 Å². The van der Waals surface area contributed by atoms with Crippen molar-refractivity contribution in [3.63, 3.8) is 0 Å². The average molecular weight is 368 g/mol. The molecule has 25 heavy (non-hydrogen) atoms. The van der Waals surface area contributed by atoms with Crippen LogP contribution in [-0.2, 0) is 14.8 Å². The van der Waals surface area contributed by atoms with E-state index in [0.29, 0.717) is 30.9 Å². The van der Waals surface area contributed by atoms with Gasteiger partial charge in [0.2, 0.25) is 15.9 Å². The number of amides is 1. The van der Waals surface area contributed by atoms with Crippen molar-refractivity contribution < 1.29 is 17.9 Å². The lowest BCUT2D eigenvalue weighted by Crippen LogP contribution is -2.35. The van der Waals surface area contributed by atoms with Crippen LogP contribution < -0.4 is 10.1 Å². The summed E-state index contributed by atoms with van der Waals surface area (Å²) in [6, 6.07) is 4.69. The maximum absolute atomic E-state index is 12.9. The summed E-state index contributed by atoms with van der Waals surface area (Å²) in [4.78, 5) is 12.2. The van der Waals surface area contributed by atoms with Crippen molar-refractivity contribution in [3.8, 4) is 5.75 Å². The Morgan fingerprint density at radius 1 is 1.24 bits per heavy atom. The van der Waals surface area contributed by atoms with Crippen molar-refractivity contribution in [2.45, 2.75) is 63.9 Å². The summed E-state index contributed by atoms with van der Waals surface area (Å²) in [5.41, 5.74) is 0.408. The summed E-state index contributed by atoms with van der Waals surface area (Å²) < 4.78 is 32.9. The third-order valence-electron chi connectivity index (χ3n) is 4.02. The van der Waals surface area contributed by atoms with Gasteiger partial charge in [0.1, 0.15) is 5.75 Å². The highest BCUT2D eigenvalue weighted by Crippen LogP contribution is 2.31. The van der Waals surface area contributed by atoms with E-state index in [1.165, 1.54) is 10.4 Å². The van der Waals surface area contributed by atoms with Crippen LogP contribution in [0.25, 0.3) is 0 Å². The number of carbonyl (C=O) groups is 1. The van der Waals surface area contributed by atoms with Gasteiger partial charge in [-0.2, -0.15) is 4.31 Å². The van der Waals surface area contributed by atoms with Crippen LogP contribution in [0.3, 0.4) is 0 Å². The van der Waals surface area contributed by atoms with Gasteiger partial charge in [-0.15, -0.1) is 0 Å². The molecule has 0 aromatic heterocycles. The average Bonchev–Trinajstić information content (AvgIpc) is 2.57. The predicted molar refractivity (Wildman–Crippen MR) is 98.4 cm³/mol. The van der Waals surface area contributed by atoms with Crippen molar-refractivity contribution in [3.05, 3.63) is 18.2 Å². The summed E-state index contributed by atoms with van der Waals surface area (Å²) in [6.45, 7) is 6.78. The Kier molecular flexibility index (Phi) is 6.84. The molecule has 7 heteroatoms. The van der Waals surface area contributed by atoms with Crippen molar-refractivity contribution in [1.82, 2.24) is 4.31 Å². The molecule has 0 aliphatic carbocycles. The zero-order valence-electron chi connectivity index (χ0n) is 15.2. The highest BCUT2D eigenvalue weighted by atomic mass is 32.2. The molecule has 0 radical (unpaired) electrons. The first-order chi connectivity index (χ1) is 11.8. The van der Waals surface area contributed by atoms with Gasteiger partial charge >= 0.3 is 0 Å². The molecule has 140 valence electrons. The molecule has 1 amide bonds. The van der Waals surface area contributed by atoms with E-state index in [0.717, 1.165) is 25.7 Å².